The van der Waals surface area contributed by atoms with Gasteiger partial charge in [-0.1, -0.05) is 0 Å². The Morgan fingerprint density at radius 3 is 2.68 bits per heavy atom. The minimum Gasteiger partial charge on any atom is -0.497 e. The van der Waals surface area contributed by atoms with E-state index in [1.807, 2.05) is 4.98 Å². The van der Waals surface area contributed by atoms with E-state index in [2.05, 4.69) is 20.7 Å². The number of nitrogens with one attached hydrogen (secondary N) is 3. The number of aromatic nitrogens is 3. The van der Waals surface area contributed by atoms with E-state index >= 15 is 0 Å². The molecule has 0 bridgehead atoms. The van der Waals surface area contributed by atoms with Crippen molar-refractivity contribution in [3.8, 4) is 5.75 Å². The second-order valence-corrected chi connectivity index (χ2v) is 3.50. The van der Waals surface area contributed by atoms with E-state index in [0.717, 1.165) is 11.3 Å². The maximum Gasteiger partial charge on any atom is 0.342 e. The smallest absolute Gasteiger partial charge is 0.342 e. The molecule has 1 heterocycles. The first-order chi connectivity index (χ1) is 9.19. The third-order valence-electron chi connectivity index (χ3n) is 2.21. The van der Waals surface area contributed by atoms with Crippen molar-refractivity contribution >= 4 is 12.0 Å². The van der Waals surface area contributed by atoms with Crippen LogP contribution in [0.15, 0.2) is 39.0 Å². The summed E-state index contributed by atoms with van der Waals surface area (Å²) in [7, 11) is 1.58. The summed E-state index contributed by atoms with van der Waals surface area (Å²) in [6, 6.07) is 7.17. The average molecular weight is 261 g/mol. The number of anilines is 1. The van der Waals surface area contributed by atoms with Crippen molar-refractivity contribution < 1.29 is 4.74 Å². The van der Waals surface area contributed by atoms with E-state index in [1.165, 1.54) is 6.21 Å². The molecule has 8 heteroatoms. The molecule has 2 aromatic rings. The highest BCUT2D eigenvalue weighted by Crippen LogP contribution is 2.09. The molecule has 0 fully saturated rings. The Morgan fingerprint density at radius 1 is 1.32 bits per heavy atom. The van der Waals surface area contributed by atoms with E-state index < -0.39 is 11.2 Å². The zero-order valence-corrected chi connectivity index (χ0v) is 10.0. The molecule has 0 atom stereocenters. The Morgan fingerprint density at radius 2 is 2.05 bits per heavy atom. The predicted molar refractivity (Wildman–Crippen MR) is 69.7 cm³/mol. The van der Waals surface area contributed by atoms with Crippen molar-refractivity contribution in [2.45, 2.75) is 0 Å². The molecule has 0 spiro atoms. The van der Waals surface area contributed by atoms with Gasteiger partial charge in [0.1, 0.15) is 5.75 Å². The molecule has 0 aliphatic rings. The zero-order valence-electron chi connectivity index (χ0n) is 10.0. The lowest BCUT2D eigenvalue weighted by atomic mass is 10.2. The van der Waals surface area contributed by atoms with Crippen molar-refractivity contribution in [3.05, 3.63) is 50.7 Å². The summed E-state index contributed by atoms with van der Waals surface area (Å²) in [5.41, 5.74) is 1.93. The van der Waals surface area contributed by atoms with Crippen LogP contribution in [-0.2, 0) is 0 Å². The molecule has 1 aromatic carbocycles. The van der Waals surface area contributed by atoms with Crippen LogP contribution in [0.2, 0.25) is 0 Å². The molecule has 1 aromatic heterocycles. The van der Waals surface area contributed by atoms with E-state index in [1.54, 1.807) is 31.4 Å². The molecule has 0 amide bonds. The van der Waals surface area contributed by atoms with Gasteiger partial charge in [-0.3, -0.25) is 15.2 Å². The van der Waals surface area contributed by atoms with Crippen molar-refractivity contribution in [1.29, 1.82) is 0 Å². The summed E-state index contributed by atoms with van der Waals surface area (Å²) >= 11 is 0. The first-order valence-corrected chi connectivity index (χ1v) is 5.31. The number of hydrogen-bond donors (Lipinski definition) is 3. The van der Waals surface area contributed by atoms with Gasteiger partial charge in [0.2, 0.25) is 5.82 Å². The van der Waals surface area contributed by atoms with Gasteiger partial charge in [0.15, 0.2) is 0 Å². The summed E-state index contributed by atoms with van der Waals surface area (Å²) < 4.78 is 5.02. The van der Waals surface area contributed by atoms with Crippen molar-refractivity contribution in [3.63, 3.8) is 0 Å². The van der Waals surface area contributed by atoms with Gasteiger partial charge in [-0.25, -0.2) is 9.89 Å². The third kappa shape index (κ3) is 3.28. The molecule has 0 saturated heterocycles. The molecule has 8 nitrogen and oxygen atoms in total. The van der Waals surface area contributed by atoms with Crippen LogP contribution in [0, 0.1) is 0 Å². The second kappa shape index (κ2) is 5.63. The highest BCUT2D eigenvalue weighted by Gasteiger charge is 1.98. The fourth-order valence-electron chi connectivity index (χ4n) is 1.28. The lowest BCUT2D eigenvalue weighted by Crippen LogP contribution is -2.25. The Labute approximate surface area is 107 Å². The van der Waals surface area contributed by atoms with Gasteiger partial charge in [-0.15, -0.1) is 5.10 Å². The van der Waals surface area contributed by atoms with Gasteiger partial charge in [0.25, 0.3) is 5.56 Å². The van der Waals surface area contributed by atoms with Crippen LogP contribution in [-0.4, -0.2) is 28.5 Å². The number of ether oxygens (including phenoxy) is 1. The number of aromatic amines is 2. The normalized spacial score (nSPS) is 10.6. The SMILES string of the molecule is COc1ccc(/C=N/Nc2n[nH]c(=O)[nH]c2=O)cc1. The third-order valence-corrected chi connectivity index (χ3v) is 2.21. The molecule has 98 valence electrons. The Bertz CT molecular complexity index is 686. The molecule has 0 aliphatic carbocycles. The first kappa shape index (κ1) is 12.6. The number of rotatable bonds is 4. The molecule has 2 rings (SSSR count). The standard InChI is InChI=1S/C11H11N5O3/c1-19-8-4-2-7(3-5-8)6-12-14-9-10(17)13-11(18)16-15-9/h2-6H,1H3,(H,14,15)(H2,13,16,17,18)/b12-6+. The van der Waals surface area contributed by atoms with Crippen LogP contribution in [0.5, 0.6) is 5.75 Å². The lowest BCUT2D eigenvalue weighted by molar-refractivity contribution is 0.415. The number of benzene rings is 1. The number of nitrogens with zero attached hydrogens (tertiary/aromatic N) is 2. The largest absolute Gasteiger partial charge is 0.497 e. The maximum absolute atomic E-state index is 11.3. The number of hydrogen-bond acceptors (Lipinski definition) is 6. The van der Waals surface area contributed by atoms with Crippen molar-refractivity contribution in [2.24, 2.45) is 5.10 Å². The number of hydrazone groups is 1. The minimum absolute atomic E-state index is 0.0932. The van der Waals surface area contributed by atoms with Crippen LogP contribution < -0.4 is 21.4 Å². The van der Waals surface area contributed by atoms with Crippen LogP contribution in [0.25, 0.3) is 0 Å². The van der Waals surface area contributed by atoms with Crippen LogP contribution in [0.4, 0.5) is 5.82 Å². The van der Waals surface area contributed by atoms with Crippen molar-refractivity contribution in [1.82, 2.24) is 15.2 Å². The quantitative estimate of drug-likeness (QED) is 0.526. The fraction of sp³-hybridized carbons (Fsp3) is 0.0909. The van der Waals surface area contributed by atoms with Crippen LogP contribution in [0.1, 0.15) is 5.56 Å². The topological polar surface area (TPSA) is 112 Å². The summed E-state index contributed by atoms with van der Waals surface area (Å²) in [5, 5.41) is 9.44. The molecule has 0 saturated carbocycles. The molecule has 19 heavy (non-hydrogen) atoms. The molecule has 0 unspecified atom stereocenters. The highest BCUT2D eigenvalue weighted by molar-refractivity contribution is 5.80. The second-order valence-electron chi connectivity index (χ2n) is 3.50. The summed E-state index contributed by atoms with van der Waals surface area (Å²) in [6.45, 7) is 0. The average Bonchev–Trinajstić information content (AvgIpc) is 2.42. The van der Waals surface area contributed by atoms with Gasteiger partial charge in [-0.2, -0.15) is 5.10 Å². The van der Waals surface area contributed by atoms with Gasteiger partial charge in [0, 0.05) is 0 Å². The van der Waals surface area contributed by atoms with Crippen LogP contribution in [0.3, 0.4) is 0 Å². The molecule has 3 N–H and O–H groups in total. The van der Waals surface area contributed by atoms with Gasteiger partial charge >= 0.3 is 5.69 Å². The van der Waals surface area contributed by atoms with Crippen LogP contribution >= 0.6 is 0 Å². The molecule has 0 radical (unpaired) electrons. The summed E-state index contributed by atoms with van der Waals surface area (Å²) in [6.07, 6.45) is 1.51. The first-order valence-electron chi connectivity index (χ1n) is 5.31. The van der Waals surface area contributed by atoms with Gasteiger partial charge in [0.05, 0.1) is 13.3 Å². The van der Waals surface area contributed by atoms with E-state index in [0.29, 0.717) is 0 Å². The van der Waals surface area contributed by atoms with E-state index in [9.17, 15) is 9.59 Å². The van der Waals surface area contributed by atoms with Crippen molar-refractivity contribution in [2.75, 3.05) is 12.5 Å². The van der Waals surface area contributed by atoms with E-state index in [4.69, 9.17) is 4.74 Å². The minimum atomic E-state index is -0.672. The Balaban J connectivity index is 2.06. The number of H-pyrrole nitrogens is 2. The zero-order chi connectivity index (χ0) is 13.7. The predicted octanol–water partition coefficient (Wildman–Crippen LogP) is -0.0872. The molecule has 0 aliphatic heterocycles. The Hall–Kier alpha value is -2.90. The summed E-state index contributed by atoms with van der Waals surface area (Å²) in [5.74, 6) is 0.646. The maximum atomic E-state index is 11.3. The van der Waals surface area contributed by atoms with E-state index in [-0.39, 0.29) is 5.82 Å². The van der Waals surface area contributed by atoms with Gasteiger partial charge < -0.3 is 4.74 Å². The fourth-order valence-corrected chi connectivity index (χ4v) is 1.28. The lowest BCUT2D eigenvalue weighted by Gasteiger charge is -1.99. The van der Waals surface area contributed by atoms with Gasteiger partial charge in [-0.05, 0) is 29.8 Å². The molecular formula is C11H11N5O3. The molecular weight excluding hydrogens is 250 g/mol. The highest BCUT2D eigenvalue weighted by atomic mass is 16.5. The summed E-state index contributed by atoms with van der Waals surface area (Å²) in [4.78, 5) is 24.0. The Kier molecular flexibility index (Phi) is 3.72. The monoisotopic (exact) mass is 261 g/mol. The number of methoxy groups -OCH3 is 1.